The normalized spacial score (nSPS) is 9.71. The molecule has 76 valence electrons. The van der Waals surface area contributed by atoms with Crippen LogP contribution >= 0.6 is 0 Å². The summed E-state index contributed by atoms with van der Waals surface area (Å²) in [7, 11) is 7.20. The molecule has 1 amide bonds. The fourth-order valence-corrected chi connectivity index (χ4v) is 1.16. The number of aromatic nitrogens is 1. The van der Waals surface area contributed by atoms with Crippen molar-refractivity contribution in [2.45, 2.75) is 0 Å². The van der Waals surface area contributed by atoms with Crippen LogP contribution in [-0.2, 0) is 0 Å². The van der Waals surface area contributed by atoms with Crippen molar-refractivity contribution in [3.05, 3.63) is 23.9 Å². The summed E-state index contributed by atoms with van der Waals surface area (Å²) >= 11 is 0. The van der Waals surface area contributed by atoms with Gasteiger partial charge in [-0.15, -0.1) is 0 Å². The smallest absolute Gasteiger partial charge is 0.257 e. The Morgan fingerprint density at radius 1 is 1.29 bits per heavy atom. The Morgan fingerprint density at radius 3 is 2.43 bits per heavy atom. The number of pyridine rings is 1. The molecule has 0 radical (unpaired) electrons. The molecule has 0 aliphatic carbocycles. The molecule has 1 aromatic rings. The third-order valence-corrected chi connectivity index (χ3v) is 1.85. The van der Waals surface area contributed by atoms with E-state index < -0.39 is 0 Å². The van der Waals surface area contributed by atoms with Crippen LogP contribution < -0.4 is 4.90 Å². The second-order valence-corrected chi connectivity index (χ2v) is 3.47. The van der Waals surface area contributed by atoms with Crippen molar-refractivity contribution in [1.29, 1.82) is 0 Å². The van der Waals surface area contributed by atoms with Gasteiger partial charge in [0.2, 0.25) is 0 Å². The molecule has 0 atom stereocenters. The van der Waals surface area contributed by atoms with E-state index in [2.05, 4.69) is 4.98 Å². The second kappa shape index (κ2) is 4.09. The second-order valence-electron chi connectivity index (χ2n) is 3.47. The molecular formula is C10H15N3O. The summed E-state index contributed by atoms with van der Waals surface area (Å²) in [4.78, 5) is 19.3. The van der Waals surface area contributed by atoms with Gasteiger partial charge in [0.25, 0.3) is 5.91 Å². The van der Waals surface area contributed by atoms with Crippen molar-refractivity contribution in [3.8, 4) is 0 Å². The van der Waals surface area contributed by atoms with Gasteiger partial charge in [-0.1, -0.05) is 0 Å². The number of anilines is 1. The Bertz CT molecular complexity index is 334. The summed E-state index contributed by atoms with van der Waals surface area (Å²) in [5, 5.41) is 0. The maximum Gasteiger partial charge on any atom is 0.257 e. The van der Waals surface area contributed by atoms with Gasteiger partial charge < -0.3 is 9.80 Å². The lowest BCUT2D eigenvalue weighted by atomic mass is 10.2. The molecule has 0 saturated carbocycles. The summed E-state index contributed by atoms with van der Waals surface area (Å²) in [5.74, 6) is 0.674. The minimum absolute atomic E-state index is 0.0261. The molecule has 0 saturated heterocycles. The Kier molecular flexibility index (Phi) is 3.06. The van der Waals surface area contributed by atoms with Crippen molar-refractivity contribution < 1.29 is 4.79 Å². The summed E-state index contributed by atoms with van der Waals surface area (Å²) < 4.78 is 0. The highest BCUT2D eigenvalue weighted by Crippen LogP contribution is 2.15. The Hall–Kier alpha value is -1.58. The van der Waals surface area contributed by atoms with Gasteiger partial charge >= 0.3 is 0 Å². The first-order valence-electron chi connectivity index (χ1n) is 4.38. The minimum Gasteiger partial charge on any atom is -0.362 e. The van der Waals surface area contributed by atoms with Crippen LogP contribution in [0.1, 0.15) is 10.4 Å². The average Bonchev–Trinajstić information content (AvgIpc) is 2.16. The first kappa shape index (κ1) is 10.5. The maximum absolute atomic E-state index is 11.7. The van der Waals surface area contributed by atoms with Crippen LogP contribution in [0, 0.1) is 0 Å². The summed E-state index contributed by atoms with van der Waals surface area (Å²) in [6.07, 6.45) is 1.68. The number of amides is 1. The standard InChI is InChI=1S/C10H15N3O/c1-12(2)9-8(6-5-7-11-9)10(14)13(3)4/h5-7H,1-4H3. The molecule has 1 heterocycles. The van der Waals surface area contributed by atoms with Gasteiger partial charge in [-0.05, 0) is 12.1 Å². The molecule has 1 aromatic heterocycles. The van der Waals surface area contributed by atoms with Crippen LogP contribution in [0.3, 0.4) is 0 Å². The predicted octanol–water partition coefficient (Wildman–Crippen LogP) is 0.849. The molecule has 0 unspecified atom stereocenters. The zero-order valence-electron chi connectivity index (χ0n) is 8.98. The first-order valence-corrected chi connectivity index (χ1v) is 4.38. The molecule has 0 bridgehead atoms. The van der Waals surface area contributed by atoms with E-state index in [9.17, 15) is 4.79 Å². The number of hydrogen-bond donors (Lipinski definition) is 0. The highest BCUT2D eigenvalue weighted by atomic mass is 16.2. The van der Waals surface area contributed by atoms with E-state index in [0.29, 0.717) is 11.4 Å². The largest absolute Gasteiger partial charge is 0.362 e. The fraction of sp³-hybridized carbons (Fsp3) is 0.400. The highest BCUT2D eigenvalue weighted by molar-refractivity contribution is 5.98. The molecule has 0 N–H and O–H groups in total. The molecule has 4 heteroatoms. The van der Waals surface area contributed by atoms with E-state index in [4.69, 9.17) is 0 Å². The minimum atomic E-state index is -0.0261. The third-order valence-electron chi connectivity index (χ3n) is 1.85. The quantitative estimate of drug-likeness (QED) is 0.698. The van der Waals surface area contributed by atoms with Crippen LogP contribution in [0.2, 0.25) is 0 Å². The fourth-order valence-electron chi connectivity index (χ4n) is 1.16. The van der Waals surface area contributed by atoms with E-state index in [1.165, 1.54) is 0 Å². The summed E-state index contributed by atoms with van der Waals surface area (Å²) in [6, 6.07) is 3.55. The first-order chi connectivity index (χ1) is 6.54. The van der Waals surface area contributed by atoms with Gasteiger partial charge in [-0.25, -0.2) is 4.98 Å². The zero-order chi connectivity index (χ0) is 10.7. The van der Waals surface area contributed by atoms with Crippen LogP contribution in [0.4, 0.5) is 5.82 Å². The van der Waals surface area contributed by atoms with E-state index in [1.54, 1.807) is 37.3 Å². The molecule has 1 rings (SSSR count). The Labute approximate surface area is 84.2 Å². The van der Waals surface area contributed by atoms with Gasteiger partial charge in [-0.2, -0.15) is 0 Å². The monoisotopic (exact) mass is 193 g/mol. The number of carbonyl (C=O) groups excluding carboxylic acids is 1. The van der Waals surface area contributed by atoms with Crippen LogP contribution in [0.25, 0.3) is 0 Å². The Morgan fingerprint density at radius 2 is 1.93 bits per heavy atom. The van der Waals surface area contributed by atoms with E-state index in [0.717, 1.165) is 0 Å². The maximum atomic E-state index is 11.7. The lowest BCUT2D eigenvalue weighted by Gasteiger charge is -2.17. The SMILES string of the molecule is CN(C)C(=O)c1cccnc1N(C)C. The van der Waals surface area contributed by atoms with Gasteiger partial charge in [0, 0.05) is 34.4 Å². The molecule has 0 spiro atoms. The van der Waals surface area contributed by atoms with Crippen LogP contribution in [0.5, 0.6) is 0 Å². The summed E-state index contributed by atoms with van der Waals surface area (Å²) in [6.45, 7) is 0. The number of rotatable bonds is 2. The summed E-state index contributed by atoms with van der Waals surface area (Å²) in [5.41, 5.74) is 0.627. The molecule has 0 aliphatic heterocycles. The third kappa shape index (κ3) is 2.02. The van der Waals surface area contributed by atoms with Crippen molar-refractivity contribution in [3.63, 3.8) is 0 Å². The average molecular weight is 193 g/mol. The van der Waals surface area contributed by atoms with Gasteiger partial charge in [0.15, 0.2) is 0 Å². The zero-order valence-corrected chi connectivity index (χ0v) is 8.98. The van der Waals surface area contributed by atoms with Crippen molar-refractivity contribution in [2.24, 2.45) is 0 Å². The Balaban J connectivity index is 3.13. The topological polar surface area (TPSA) is 36.4 Å². The predicted molar refractivity (Wildman–Crippen MR) is 56.6 cm³/mol. The van der Waals surface area contributed by atoms with Crippen molar-refractivity contribution >= 4 is 11.7 Å². The van der Waals surface area contributed by atoms with Crippen LogP contribution in [-0.4, -0.2) is 44.0 Å². The van der Waals surface area contributed by atoms with E-state index in [1.807, 2.05) is 19.0 Å². The number of nitrogens with zero attached hydrogens (tertiary/aromatic N) is 3. The van der Waals surface area contributed by atoms with Gasteiger partial charge in [0.1, 0.15) is 5.82 Å². The molecule has 14 heavy (non-hydrogen) atoms. The van der Waals surface area contributed by atoms with E-state index >= 15 is 0 Å². The molecule has 4 nitrogen and oxygen atoms in total. The van der Waals surface area contributed by atoms with Crippen molar-refractivity contribution in [2.75, 3.05) is 33.1 Å². The lowest BCUT2D eigenvalue weighted by molar-refractivity contribution is 0.0828. The van der Waals surface area contributed by atoms with Crippen molar-refractivity contribution in [1.82, 2.24) is 9.88 Å². The van der Waals surface area contributed by atoms with E-state index in [-0.39, 0.29) is 5.91 Å². The molecule has 0 aromatic carbocycles. The number of hydrogen-bond acceptors (Lipinski definition) is 3. The van der Waals surface area contributed by atoms with Gasteiger partial charge in [0.05, 0.1) is 5.56 Å². The molecule has 0 fully saturated rings. The highest BCUT2D eigenvalue weighted by Gasteiger charge is 2.14. The molecule has 0 aliphatic rings. The van der Waals surface area contributed by atoms with Gasteiger partial charge in [-0.3, -0.25) is 4.79 Å². The number of carbonyl (C=O) groups is 1. The lowest BCUT2D eigenvalue weighted by Crippen LogP contribution is -2.25. The van der Waals surface area contributed by atoms with Crippen LogP contribution in [0.15, 0.2) is 18.3 Å². The molecular weight excluding hydrogens is 178 g/mol.